The molecule has 1 N–H and O–H groups in total. The van der Waals surface area contributed by atoms with Gasteiger partial charge in [-0.05, 0) is 50.5 Å². The molecule has 0 fully saturated rings. The number of nitrogens with zero attached hydrogens (tertiary/aromatic N) is 5. The molecule has 1 amide bonds. The van der Waals surface area contributed by atoms with Crippen LogP contribution in [-0.2, 0) is 17.8 Å². The van der Waals surface area contributed by atoms with E-state index in [1.165, 1.54) is 16.4 Å². The minimum absolute atomic E-state index is 0.167. The van der Waals surface area contributed by atoms with Crippen molar-refractivity contribution in [1.82, 2.24) is 19.3 Å². The van der Waals surface area contributed by atoms with Gasteiger partial charge in [-0.1, -0.05) is 48.5 Å². The number of fused-ring (bicyclic) bond motifs is 3. The minimum Gasteiger partial charge on any atom is -0.324 e. The zero-order chi connectivity index (χ0) is 24.4. The Morgan fingerprint density at radius 2 is 1.89 bits per heavy atom. The summed E-state index contributed by atoms with van der Waals surface area (Å²) in [6.07, 6.45) is 3.80. The van der Waals surface area contributed by atoms with Crippen LogP contribution in [0.15, 0.2) is 64.5 Å². The lowest BCUT2D eigenvalue weighted by Crippen LogP contribution is -2.24. The van der Waals surface area contributed by atoms with Gasteiger partial charge in [-0.25, -0.2) is 4.98 Å². The number of aromatic nitrogens is 4. The summed E-state index contributed by atoms with van der Waals surface area (Å²) in [4.78, 5) is 31.1. The molecule has 176 valence electrons. The van der Waals surface area contributed by atoms with E-state index >= 15 is 0 Å². The maximum absolute atomic E-state index is 13.4. The highest BCUT2D eigenvalue weighted by atomic mass is 32.2. The zero-order valence-corrected chi connectivity index (χ0v) is 20.1. The fraction of sp³-hybridized carbons (Fsp3) is 0.269. The van der Waals surface area contributed by atoms with Gasteiger partial charge in [0.2, 0.25) is 5.91 Å². The van der Waals surface area contributed by atoms with Crippen molar-refractivity contribution in [2.45, 2.75) is 49.6 Å². The van der Waals surface area contributed by atoms with E-state index in [0.717, 1.165) is 37.9 Å². The Morgan fingerprint density at radius 3 is 2.69 bits per heavy atom. The molecular weight excluding hydrogens is 460 g/mol. The fourth-order valence-electron chi connectivity index (χ4n) is 4.32. The van der Waals surface area contributed by atoms with Crippen molar-refractivity contribution < 1.29 is 4.79 Å². The molecule has 0 bridgehead atoms. The third-order valence-electron chi connectivity index (χ3n) is 6.12. The number of anilines is 1. The second-order valence-corrected chi connectivity index (χ2v) is 9.77. The summed E-state index contributed by atoms with van der Waals surface area (Å²) in [5, 5.41) is 16.9. The monoisotopic (exact) mass is 484 g/mol. The number of hydrogen-bond acceptors (Lipinski definition) is 6. The maximum atomic E-state index is 13.4. The standard InChI is InChI=1S/C26H24N6O2S/c1-17(24(33)28-20-13-8-7-10-18(20)16-27)35-26-29-23-22(21-14-6-3-9-15-31(21)26)25(34)32(30-23)19-11-4-2-5-12-19/h2,4-5,7-8,10-13,17H,3,6,9,14-15H2,1H3,(H,28,33)/t17-/m1/s1. The van der Waals surface area contributed by atoms with Gasteiger partial charge in [0.05, 0.1) is 22.2 Å². The van der Waals surface area contributed by atoms with Crippen LogP contribution in [0.5, 0.6) is 0 Å². The molecule has 5 rings (SSSR count). The first-order valence-electron chi connectivity index (χ1n) is 11.6. The topological polar surface area (TPSA) is 106 Å². The molecule has 0 spiro atoms. The number of nitriles is 1. The third-order valence-corrected chi connectivity index (χ3v) is 7.21. The number of hydrogen-bond donors (Lipinski definition) is 1. The van der Waals surface area contributed by atoms with Gasteiger partial charge in [0.15, 0.2) is 11.0 Å². The summed E-state index contributed by atoms with van der Waals surface area (Å²) in [7, 11) is 0. The molecule has 0 saturated heterocycles. The molecule has 35 heavy (non-hydrogen) atoms. The predicted octanol–water partition coefficient (Wildman–Crippen LogP) is 4.25. The van der Waals surface area contributed by atoms with Crippen molar-refractivity contribution in [3.05, 3.63) is 76.2 Å². The summed E-state index contributed by atoms with van der Waals surface area (Å²) in [6.45, 7) is 2.55. The molecule has 3 aliphatic heterocycles. The van der Waals surface area contributed by atoms with Gasteiger partial charge in [-0.2, -0.15) is 9.94 Å². The average Bonchev–Trinajstić information content (AvgIpc) is 3.04. The Hall–Kier alpha value is -3.90. The van der Waals surface area contributed by atoms with Gasteiger partial charge in [-0.15, -0.1) is 5.10 Å². The number of amides is 1. The third kappa shape index (κ3) is 4.45. The van der Waals surface area contributed by atoms with Crippen LogP contribution in [0.2, 0.25) is 0 Å². The Bertz CT molecular complexity index is 1450. The Labute approximate surface area is 207 Å². The Morgan fingerprint density at radius 1 is 1.11 bits per heavy atom. The van der Waals surface area contributed by atoms with Crippen LogP contribution in [0.3, 0.4) is 0 Å². The highest BCUT2D eigenvalue weighted by Crippen LogP contribution is 2.32. The summed E-state index contributed by atoms with van der Waals surface area (Å²) < 4.78 is 3.50. The summed E-state index contributed by atoms with van der Waals surface area (Å²) >= 11 is 1.34. The molecule has 0 saturated carbocycles. The normalized spacial score (nSPS) is 14.1. The van der Waals surface area contributed by atoms with Gasteiger partial charge in [-0.3, -0.25) is 9.59 Å². The first-order chi connectivity index (χ1) is 17.1. The van der Waals surface area contributed by atoms with Gasteiger partial charge >= 0.3 is 0 Å². The highest BCUT2D eigenvalue weighted by molar-refractivity contribution is 8.00. The van der Waals surface area contributed by atoms with Gasteiger partial charge in [0.1, 0.15) is 11.6 Å². The van der Waals surface area contributed by atoms with Gasteiger partial charge in [0.25, 0.3) is 5.56 Å². The molecule has 1 atom stereocenters. The van der Waals surface area contributed by atoms with Crippen molar-refractivity contribution >= 4 is 23.4 Å². The predicted molar refractivity (Wildman–Crippen MR) is 135 cm³/mol. The zero-order valence-electron chi connectivity index (χ0n) is 19.3. The number of para-hydroxylation sites is 2. The molecule has 3 heterocycles. The Kier molecular flexibility index (Phi) is 6.38. The summed E-state index contributed by atoms with van der Waals surface area (Å²) in [6, 6.07) is 18.4. The molecule has 0 radical (unpaired) electrons. The SMILES string of the molecule is C[C@@H](Sc1nc2nn(-c3ccccc3)c(=O)c-2c2n1CCCCC2)C(=O)Nc1ccccc1C#N. The number of benzene rings is 2. The number of rotatable bonds is 5. The van der Waals surface area contributed by atoms with E-state index in [-0.39, 0.29) is 11.5 Å². The number of carbonyl (C=O) groups is 1. The lowest BCUT2D eigenvalue weighted by Gasteiger charge is -2.20. The molecular formula is C26H24N6O2S. The van der Waals surface area contributed by atoms with Crippen molar-refractivity contribution in [1.29, 1.82) is 5.26 Å². The van der Waals surface area contributed by atoms with Crippen LogP contribution in [0.25, 0.3) is 17.1 Å². The molecule has 2 aromatic rings. The first-order valence-corrected chi connectivity index (χ1v) is 12.5. The van der Waals surface area contributed by atoms with E-state index in [2.05, 4.69) is 21.1 Å². The van der Waals surface area contributed by atoms with Gasteiger partial charge < -0.3 is 9.88 Å². The van der Waals surface area contributed by atoms with Crippen LogP contribution >= 0.6 is 11.8 Å². The number of carbonyl (C=O) groups excluding carboxylic acids is 1. The number of nitrogens with one attached hydrogen (secondary N) is 1. The largest absolute Gasteiger partial charge is 0.324 e. The summed E-state index contributed by atoms with van der Waals surface area (Å²) in [5.41, 5.74) is 2.92. The summed E-state index contributed by atoms with van der Waals surface area (Å²) in [5.74, 6) is 0.179. The molecule has 3 aliphatic rings. The van der Waals surface area contributed by atoms with Crippen LogP contribution < -0.4 is 10.9 Å². The smallest absolute Gasteiger partial charge is 0.284 e. The molecule has 0 unspecified atom stereocenters. The molecule has 2 aromatic carbocycles. The van der Waals surface area contributed by atoms with Crippen molar-refractivity contribution in [2.24, 2.45) is 0 Å². The maximum Gasteiger partial charge on any atom is 0.284 e. The lowest BCUT2D eigenvalue weighted by molar-refractivity contribution is -0.115. The number of thioether (sulfide) groups is 1. The highest BCUT2D eigenvalue weighted by Gasteiger charge is 2.28. The van der Waals surface area contributed by atoms with Crippen LogP contribution in [0, 0.1) is 11.3 Å². The molecule has 8 nitrogen and oxygen atoms in total. The van der Waals surface area contributed by atoms with Gasteiger partial charge in [0, 0.05) is 12.2 Å². The van der Waals surface area contributed by atoms with E-state index in [4.69, 9.17) is 4.98 Å². The fourth-order valence-corrected chi connectivity index (χ4v) is 5.27. The van der Waals surface area contributed by atoms with Crippen molar-refractivity contribution in [3.63, 3.8) is 0 Å². The second kappa shape index (κ2) is 9.76. The first kappa shape index (κ1) is 22.9. The van der Waals surface area contributed by atoms with E-state index in [1.807, 2.05) is 37.3 Å². The average molecular weight is 485 g/mol. The van der Waals surface area contributed by atoms with E-state index in [9.17, 15) is 14.9 Å². The molecule has 9 heteroatoms. The van der Waals surface area contributed by atoms with Crippen LogP contribution in [0.1, 0.15) is 37.4 Å². The molecule has 0 aromatic heterocycles. The lowest BCUT2D eigenvalue weighted by atomic mass is 10.1. The van der Waals surface area contributed by atoms with E-state index < -0.39 is 5.25 Å². The van der Waals surface area contributed by atoms with E-state index in [1.54, 1.807) is 24.3 Å². The molecule has 0 aliphatic carbocycles. The van der Waals surface area contributed by atoms with E-state index in [0.29, 0.717) is 33.5 Å². The van der Waals surface area contributed by atoms with Crippen molar-refractivity contribution in [3.8, 4) is 23.1 Å². The quantitative estimate of drug-likeness (QED) is 0.335. The van der Waals surface area contributed by atoms with Crippen LogP contribution in [-0.4, -0.2) is 30.5 Å². The van der Waals surface area contributed by atoms with Crippen LogP contribution in [0.4, 0.5) is 5.69 Å². The van der Waals surface area contributed by atoms with Crippen molar-refractivity contribution in [2.75, 3.05) is 5.32 Å². The Balaban J connectivity index is 1.52. The second-order valence-electron chi connectivity index (χ2n) is 8.46. The minimum atomic E-state index is -0.477.